The molecule has 1 unspecified atom stereocenters. The smallest absolute Gasteiger partial charge is 0.408 e. The van der Waals surface area contributed by atoms with Crippen molar-refractivity contribution in [2.45, 2.75) is 45.4 Å². The highest BCUT2D eigenvalue weighted by Crippen LogP contribution is 2.26. The molecule has 0 spiro atoms. The molecule has 0 aliphatic carbocycles. The Labute approximate surface area is 180 Å². The maximum absolute atomic E-state index is 11.9. The van der Waals surface area contributed by atoms with E-state index in [1.165, 1.54) is 0 Å². The fourth-order valence-electron chi connectivity index (χ4n) is 2.44. The second-order valence-electron chi connectivity index (χ2n) is 7.40. The van der Waals surface area contributed by atoms with Crippen LogP contribution in [0.4, 0.5) is 4.79 Å². The normalized spacial score (nSPS) is 12.2. The summed E-state index contributed by atoms with van der Waals surface area (Å²) < 4.78 is 10.9. The van der Waals surface area contributed by atoms with Crippen molar-refractivity contribution in [3.05, 3.63) is 63.6 Å². The minimum atomic E-state index is -1.00. The molecule has 0 bridgehead atoms. The molecule has 1 atom stereocenters. The van der Waals surface area contributed by atoms with Crippen LogP contribution in [-0.2, 0) is 22.6 Å². The highest BCUT2D eigenvalue weighted by molar-refractivity contribution is 6.35. The molecule has 155 valence electrons. The average Bonchev–Trinajstić information content (AvgIpc) is 2.60. The van der Waals surface area contributed by atoms with Crippen LogP contribution < -0.4 is 15.8 Å². The lowest BCUT2D eigenvalue weighted by Crippen LogP contribution is -2.45. The number of ether oxygens (including phenoxy) is 2. The summed E-state index contributed by atoms with van der Waals surface area (Å²) in [6.45, 7) is 5.38. The molecule has 0 aliphatic heterocycles. The van der Waals surface area contributed by atoms with Crippen molar-refractivity contribution in [2.75, 3.05) is 0 Å². The van der Waals surface area contributed by atoms with Crippen LogP contribution >= 0.6 is 23.2 Å². The molecule has 2 N–H and O–H groups in total. The Morgan fingerprint density at radius 2 is 1.66 bits per heavy atom. The second kappa shape index (κ2) is 9.85. The van der Waals surface area contributed by atoms with E-state index in [0.717, 1.165) is 5.56 Å². The predicted molar refractivity (Wildman–Crippen MR) is 112 cm³/mol. The minimum Gasteiger partial charge on any atom is -0.489 e. The Balaban J connectivity index is 1.97. The molecule has 0 saturated heterocycles. The Bertz CT molecular complexity index is 844. The van der Waals surface area contributed by atoms with Crippen molar-refractivity contribution < 1.29 is 19.1 Å². The van der Waals surface area contributed by atoms with Crippen LogP contribution in [0.25, 0.3) is 0 Å². The van der Waals surface area contributed by atoms with Gasteiger partial charge in [0.1, 0.15) is 24.0 Å². The molecule has 8 heteroatoms. The molecule has 2 aromatic rings. The predicted octanol–water partition coefficient (Wildman–Crippen LogP) is 4.82. The first-order valence-electron chi connectivity index (χ1n) is 8.95. The van der Waals surface area contributed by atoms with Crippen molar-refractivity contribution >= 4 is 35.2 Å². The van der Waals surface area contributed by atoms with E-state index in [2.05, 4.69) is 5.32 Å². The van der Waals surface area contributed by atoms with Gasteiger partial charge in [-0.1, -0.05) is 41.4 Å². The van der Waals surface area contributed by atoms with E-state index in [4.69, 9.17) is 38.4 Å². The van der Waals surface area contributed by atoms with Gasteiger partial charge >= 0.3 is 6.09 Å². The molecule has 0 heterocycles. The van der Waals surface area contributed by atoms with Crippen LogP contribution in [0, 0.1) is 0 Å². The summed E-state index contributed by atoms with van der Waals surface area (Å²) in [5.41, 5.74) is 8.16. The molecule has 0 aromatic heterocycles. The number of alkyl carbamates (subject to hydrolysis) is 1. The fourth-order valence-corrected chi connectivity index (χ4v) is 2.95. The summed E-state index contributed by atoms with van der Waals surface area (Å²) in [5, 5.41) is 3.49. The number of halogens is 2. The van der Waals surface area contributed by atoms with Gasteiger partial charge in [0.05, 0.1) is 0 Å². The number of nitrogens with one attached hydrogen (secondary N) is 2. The first kappa shape index (κ1) is 22.8. The standard InChI is InChI=1S/C21H23Cl2N2O4/c1-21(2,3)29-20(27)25-18(19(24)26)11-13-7-9-14(10-8-13)28-12-15-16(22)5-4-6-17(15)23/h4-10,18,24H,11-12H2,1-3H3,(H,25,27). The topological polar surface area (TPSA) is 88.4 Å². The van der Waals surface area contributed by atoms with Gasteiger partial charge < -0.3 is 14.8 Å². The van der Waals surface area contributed by atoms with Gasteiger partial charge in [0.15, 0.2) is 0 Å². The summed E-state index contributed by atoms with van der Waals surface area (Å²) in [5.74, 6) is -0.303. The summed E-state index contributed by atoms with van der Waals surface area (Å²) in [7, 11) is 0. The van der Waals surface area contributed by atoms with Crippen molar-refractivity contribution in [3.63, 3.8) is 0 Å². The third kappa shape index (κ3) is 7.48. The Kier molecular flexibility index (Phi) is 7.76. The fraction of sp³-hybridized carbons (Fsp3) is 0.333. The lowest BCUT2D eigenvalue weighted by Gasteiger charge is -2.22. The summed E-state index contributed by atoms with van der Waals surface area (Å²) in [4.78, 5) is 23.5. The van der Waals surface area contributed by atoms with Crippen molar-refractivity contribution in [2.24, 2.45) is 0 Å². The average molecular weight is 438 g/mol. The van der Waals surface area contributed by atoms with Gasteiger partial charge in [0.2, 0.25) is 0 Å². The molecule has 0 saturated carbocycles. The molecular weight excluding hydrogens is 415 g/mol. The van der Waals surface area contributed by atoms with Gasteiger partial charge in [-0.25, -0.2) is 4.79 Å². The summed E-state index contributed by atoms with van der Waals surface area (Å²) in [6.07, 6.45) is -0.572. The number of hydrogen-bond donors (Lipinski definition) is 1. The maximum atomic E-state index is 11.9. The number of benzene rings is 2. The zero-order valence-electron chi connectivity index (χ0n) is 16.4. The highest BCUT2D eigenvalue weighted by Gasteiger charge is 2.23. The van der Waals surface area contributed by atoms with E-state index in [-0.39, 0.29) is 13.0 Å². The van der Waals surface area contributed by atoms with E-state index in [1.807, 2.05) is 0 Å². The lowest BCUT2D eigenvalue weighted by molar-refractivity contribution is -0.120. The number of carbonyl (C=O) groups is 2. The summed E-state index contributed by atoms with van der Waals surface area (Å²) in [6, 6.07) is 11.2. The monoisotopic (exact) mass is 437 g/mol. The molecule has 0 fully saturated rings. The van der Waals surface area contributed by atoms with Crippen molar-refractivity contribution in [3.8, 4) is 5.75 Å². The highest BCUT2D eigenvalue weighted by atomic mass is 35.5. The lowest BCUT2D eigenvalue weighted by atomic mass is 10.1. The SMILES string of the molecule is CC(C)(C)OC(=O)NC(Cc1ccc(OCc2c(Cl)cccc2Cl)cc1)C([NH])=O. The van der Waals surface area contributed by atoms with Crippen LogP contribution in [0.15, 0.2) is 42.5 Å². The van der Waals surface area contributed by atoms with Crippen molar-refractivity contribution in [1.29, 1.82) is 0 Å². The van der Waals surface area contributed by atoms with E-state index in [0.29, 0.717) is 21.4 Å². The molecule has 1 radical (unpaired) electrons. The molecule has 2 amide bonds. The molecule has 29 heavy (non-hydrogen) atoms. The van der Waals surface area contributed by atoms with Crippen LogP contribution in [-0.4, -0.2) is 23.6 Å². The Morgan fingerprint density at radius 1 is 1.07 bits per heavy atom. The first-order valence-corrected chi connectivity index (χ1v) is 9.70. The zero-order chi connectivity index (χ0) is 21.6. The molecule has 6 nitrogen and oxygen atoms in total. The van der Waals surface area contributed by atoms with Gasteiger partial charge in [-0.15, -0.1) is 0 Å². The third-order valence-corrected chi connectivity index (χ3v) is 4.52. The van der Waals surface area contributed by atoms with E-state index in [9.17, 15) is 9.59 Å². The maximum Gasteiger partial charge on any atom is 0.408 e. The van der Waals surface area contributed by atoms with Crippen LogP contribution in [0.1, 0.15) is 31.9 Å². The quantitative estimate of drug-likeness (QED) is 0.672. The summed E-state index contributed by atoms with van der Waals surface area (Å²) >= 11 is 12.3. The molecule has 2 rings (SSSR count). The van der Waals surface area contributed by atoms with E-state index in [1.54, 1.807) is 63.2 Å². The zero-order valence-corrected chi connectivity index (χ0v) is 17.9. The Morgan fingerprint density at radius 3 is 2.17 bits per heavy atom. The van der Waals surface area contributed by atoms with Gasteiger partial charge in [-0.3, -0.25) is 10.5 Å². The minimum absolute atomic E-state index is 0.165. The first-order chi connectivity index (χ1) is 13.5. The largest absolute Gasteiger partial charge is 0.489 e. The molecule has 0 aliphatic rings. The van der Waals surface area contributed by atoms with Crippen LogP contribution in [0.5, 0.6) is 5.75 Å². The second-order valence-corrected chi connectivity index (χ2v) is 8.21. The van der Waals surface area contributed by atoms with Gasteiger partial charge in [-0.05, 0) is 50.6 Å². The van der Waals surface area contributed by atoms with Gasteiger partial charge in [-0.2, -0.15) is 0 Å². The van der Waals surface area contributed by atoms with E-state index >= 15 is 0 Å². The van der Waals surface area contributed by atoms with Gasteiger partial charge in [0.25, 0.3) is 5.91 Å². The number of carbonyl (C=O) groups excluding carboxylic acids is 2. The van der Waals surface area contributed by atoms with Crippen LogP contribution in [0.2, 0.25) is 10.0 Å². The molecule has 2 aromatic carbocycles. The number of amides is 2. The molecular formula is C21H23Cl2N2O4. The van der Waals surface area contributed by atoms with Crippen molar-refractivity contribution in [1.82, 2.24) is 11.1 Å². The Hall–Kier alpha value is -2.44. The van der Waals surface area contributed by atoms with Crippen LogP contribution in [0.3, 0.4) is 0 Å². The third-order valence-electron chi connectivity index (χ3n) is 3.82. The number of hydrogen-bond acceptors (Lipinski definition) is 4. The van der Waals surface area contributed by atoms with E-state index < -0.39 is 23.6 Å². The van der Waals surface area contributed by atoms with Gasteiger partial charge in [0, 0.05) is 22.0 Å². The number of rotatable bonds is 7.